The minimum atomic E-state index is 0.452. The van der Waals surface area contributed by atoms with E-state index in [0.29, 0.717) is 11.1 Å². The Labute approximate surface area is 98.2 Å². The second kappa shape index (κ2) is 3.97. The first-order chi connectivity index (χ1) is 7.84. The number of fused-ring (bicyclic) bond motifs is 1. The third kappa shape index (κ3) is 1.65. The summed E-state index contributed by atoms with van der Waals surface area (Å²) in [5, 5.41) is 4.95. The average Bonchev–Trinajstić information content (AvgIpc) is 2.76. The SMILES string of the molecule is Nc1cccc2nc(C3CCCCS3)nn12. The van der Waals surface area contributed by atoms with Gasteiger partial charge in [0, 0.05) is 0 Å². The highest BCUT2D eigenvalue weighted by Crippen LogP contribution is 2.36. The molecule has 0 aliphatic carbocycles. The predicted octanol–water partition coefficient (Wildman–Crippen LogP) is 2.27. The molecule has 0 bridgehead atoms. The Hall–Kier alpha value is -1.23. The highest BCUT2D eigenvalue weighted by Gasteiger charge is 2.20. The van der Waals surface area contributed by atoms with Crippen molar-refractivity contribution in [2.45, 2.75) is 24.5 Å². The van der Waals surface area contributed by atoms with Crippen LogP contribution in [0.1, 0.15) is 30.3 Å². The number of rotatable bonds is 1. The number of hydrogen-bond donors (Lipinski definition) is 1. The van der Waals surface area contributed by atoms with Crippen LogP contribution in [0.5, 0.6) is 0 Å². The van der Waals surface area contributed by atoms with Gasteiger partial charge in [0.1, 0.15) is 5.82 Å². The van der Waals surface area contributed by atoms with Crippen LogP contribution in [0.4, 0.5) is 5.82 Å². The van der Waals surface area contributed by atoms with Gasteiger partial charge in [0.2, 0.25) is 0 Å². The van der Waals surface area contributed by atoms with E-state index in [2.05, 4.69) is 10.1 Å². The van der Waals surface area contributed by atoms with Crippen molar-refractivity contribution in [2.75, 3.05) is 11.5 Å². The molecule has 5 heteroatoms. The molecule has 0 saturated carbocycles. The number of aromatic nitrogens is 3. The van der Waals surface area contributed by atoms with Crippen LogP contribution < -0.4 is 5.73 Å². The van der Waals surface area contributed by atoms with Gasteiger partial charge in [-0.05, 0) is 30.7 Å². The zero-order chi connectivity index (χ0) is 11.0. The van der Waals surface area contributed by atoms with Gasteiger partial charge in [-0.3, -0.25) is 0 Å². The maximum Gasteiger partial charge on any atom is 0.164 e. The van der Waals surface area contributed by atoms with Crippen molar-refractivity contribution in [1.29, 1.82) is 0 Å². The van der Waals surface area contributed by atoms with E-state index in [4.69, 9.17) is 5.73 Å². The summed E-state index contributed by atoms with van der Waals surface area (Å²) in [6, 6.07) is 5.71. The molecule has 2 aromatic rings. The summed E-state index contributed by atoms with van der Waals surface area (Å²) < 4.78 is 1.73. The summed E-state index contributed by atoms with van der Waals surface area (Å²) in [6.07, 6.45) is 3.78. The van der Waals surface area contributed by atoms with Gasteiger partial charge in [0.15, 0.2) is 11.5 Å². The second-order valence-electron chi connectivity index (χ2n) is 4.05. The highest BCUT2D eigenvalue weighted by molar-refractivity contribution is 7.99. The van der Waals surface area contributed by atoms with Gasteiger partial charge in [-0.15, -0.1) is 5.10 Å². The van der Waals surface area contributed by atoms with E-state index in [1.807, 2.05) is 30.0 Å². The van der Waals surface area contributed by atoms with E-state index < -0.39 is 0 Å². The van der Waals surface area contributed by atoms with Crippen molar-refractivity contribution in [3.63, 3.8) is 0 Å². The molecule has 1 unspecified atom stereocenters. The number of nitrogen functional groups attached to an aromatic ring is 1. The number of pyridine rings is 1. The van der Waals surface area contributed by atoms with Gasteiger partial charge < -0.3 is 5.73 Å². The van der Waals surface area contributed by atoms with Crippen molar-refractivity contribution in [2.24, 2.45) is 0 Å². The average molecular weight is 234 g/mol. The van der Waals surface area contributed by atoms with Crippen LogP contribution in [0.15, 0.2) is 18.2 Å². The van der Waals surface area contributed by atoms with E-state index in [-0.39, 0.29) is 0 Å². The van der Waals surface area contributed by atoms with E-state index in [1.54, 1.807) is 4.52 Å². The second-order valence-corrected chi connectivity index (χ2v) is 5.36. The lowest BCUT2D eigenvalue weighted by molar-refractivity contribution is 0.661. The van der Waals surface area contributed by atoms with Crippen LogP contribution in [0, 0.1) is 0 Å². The number of anilines is 1. The minimum absolute atomic E-state index is 0.452. The third-order valence-electron chi connectivity index (χ3n) is 2.87. The lowest BCUT2D eigenvalue weighted by Gasteiger charge is -2.17. The van der Waals surface area contributed by atoms with Gasteiger partial charge in [-0.1, -0.05) is 12.5 Å². The van der Waals surface area contributed by atoms with Crippen LogP contribution in [-0.4, -0.2) is 20.4 Å². The molecule has 2 aromatic heterocycles. The third-order valence-corrected chi connectivity index (χ3v) is 4.25. The molecule has 3 rings (SSSR count). The van der Waals surface area contributed by atoms with Crippen molar-refractivity contribution < 1.29 is 0 Å². The van der Waals surface area contributed by atoms with Crippen molar-refractivity contribution in [1.82, 2.24) is 14.6 Å². The Morgan fingerprint density at radius 1 is 1.38 bits per heavy atom. The molecule has 0 amide bonds. The van der Waals surface area contributed by atoms with Crippen LogP contribution in [0.3, 0.4) is 0 Å². The molecule has 0 radical (unpaired) electrons. The Bertz CT molecular complexity index is 502. The van der Waals surface area contributed by atoms with E-state index in [0.717, 1.165) is 11.5 Å². The fourth-order valence-electron chi connectivity index (χ4n) is 2.02. The molecule has 2 N–H and O–H groups in total. The first kappa shape index (κ1) is 9.96. The molecule has 1 aliphatic heterocycles. The molecule has 84 valence electrons. The Morgan fingerprint density at radius 3 is 3.06 bits per heavy atom. The zero-order valence-corrected chi connectivity index (χ0v) is 9.78. The molecule has 1 aliphatic rings. The van der Waals surface area contributed by atoms with E-state index in [9.17, 15) is 0 Å². The maximum absolute atomic E-state index is 5.85. The van der Waals surface area contributed by atoms with Crippen molar-refractivity contribution in [3.05, 3.63) is 24.0 Å². The molecule has 1 fully saturated rings. The Kier molecular flexibility index (Phi) is 2.47. The van der Waals surface area contributed by atoms with Crippen LogP contribution >= 0.6 is 11.8 Å². The lowest BCUT2D eigenvalue weighted by Crippen LogP contribution is -2.04. The fourth-order valence-corrected chi connectivity index (χ4v) is 3.26. The summed E-state index contributed by atoms with van der Waals surface area (Å²) in [5.41, 5.74) is 6.70. The monoisotopic (exact) mass is 234 g/mol. The summed E-state index contributed by atoms with van der Waals surface area (Å²) in [4.78, 5) is 4.55. The Morgan fingerprint density at radius 2 is 2.31 bits per heavy atom. The predicted molar refractivity (Wildman–Crippen MR) is 66.4 cm³/mol. The van der Waals surface area contributed by atoms with Gasteiger partial charge in [0.05, 0.1) is 5.25 Å². The van der Waals surface area contributed by atoms with Gasteiger partial charge in [0.25, 0.3) is 0 Å². The smallest absolute Gasteiger partial charge is 0.164 e. The molecule has 1 saturated heterocycles. The summed E-state index contributed by atoms with van der Waals surface area (Å²) in [6.45, 7) is 0. The minimum Gasteiger partial charge on any atom is -0.384 e. The van der Waals surface area contributed by atoms with Crippen molar-refractivity contribution in [3.8, 4) is 0 Å². The van der Waals surface area contributed by atoms with Gasteiger partial charge >= 0.3 is 0 Å². The molecule has 1 atom stereocenters. The van der Waals surface area contributed by atoms with E-state index in [1.165, 1.54) is 25.0 Å². The molecule has 0 aromatic carbocycles. The summed E-state index contributed by atoms with van der Waals surface area (Å²) in [7, 11) is 0. The highest BCUT2D eigenvalue weighted by atomic mass is 32.2. The van der Waals surface area contributed by atoms with Crippen LogP contribution in [-0.2, 0) is 0 Å². The quantitative estimate of drug-likeness (QED) is 0.822. The first-order valence-corrected chi connectivity index (χ1v) is 6.62. The van der Waals surface area contributed by atoms with Crippen LogP contribution in [0.2, 0.25) is 0 Å². The van der Waals surface area contributed by atoms with Gasteiger partial charge in [-0.2, -0.15) is 16.3 Å². The lowest BCUT2D eigenvalue weighted by atomic mass is 10.2. The van der Waals surface area contributed by atoms with Crippen LogP contribution in [0.25, 0.3) is 5.65 Å². The zero-order valence-electron chi connectivity index (χ0n) is 8.97. The van der Waals surface area contributed by atoms with E-state index >= 15 is 0 Å². The maximum atomic E-state index is 5.85. The normalized spacial score (nSPS) is 21.4. The molecule has 0 spiro atoms. The molecule has 3 heterocycles. The Balaban J connectivity index is 2.01. The van der Waals surface area contributed by atoms with Crippen molar-refractivity contribution >= 4 is 23.2 Å². The molecule has 4 nitrogen and oxygen atoms in total. The van der Waals surface area contributed by atoms with Gasteiger partial charge in [-0.25, -0.2) is 4.98 Å². The number of thioether (sulfide) groups is 1. The first-order valence-electron chi connectivity index (χ1n) is 5.57. The standard InChI is InChI=1S/C11H14N4S/c12-9-5-3-6-10-13-11(14-15(9)10)8-4-1-2-7-16-8/h3,5-6,8H,1-2,4,7,12H2. The molecule has 16 heavy (non-hydrogen) atoms. The molecular formula is C11H14N4S. The number of hydrogen-bond acceptors (Lipinski definition) is 4. The number of nitrogens with zero attached hydrogens (tertiary/aromatic N) is 3. The summed E-state index contributed by atoms with van der Waals surface area (Å²) in [5.74, 6) is 2.80. The fraction of sp³-hybridized carbons (Fsp3) is 0.455. The summed E-state index contributed by atoms with van der Waals surface area (Å²) >= 11 is 1.96. The molecular weight excluding hydrogens is 220 g/mol. The largest absolute Gasteiger partial charge is 0.384 e. The topological polar surface area (TPSA) is 56.2 Å². The number of nitrogens with two attached hydrogens (primary N) is 1.